The van der Waals surface area contributed by atoms with E-state index in [0.717, 1.165) is 12.8 Å². The molecule has 98 valence electrons. The lowest BCUT2D eigenvalue weighted by Crippen LogP contribution is -2.29. The Hall–Kier alpha value is -0.920. The molecule has 7 heteroatoms. The number of hydrogen-bond donors (Lipinski definition) is 1. The monoisotopic (exact) mass is 261 g/mol. The summed E-state index contributed by atoms with van der Waals surface area (Å²) in [4.78, 5) is 0. The molecule has 0 spiro atoms. The van der Waals surface area contributed by atoms with E-state index in [-0.39, 0.29) is 11.6 Å². The SMILES string of the molecule is CN(CCCCCO)S(=O)(=O)c1ccnn1C. The molecule has 0 unspecified atom stereocenters. The summed E-state index contributed by atoms with van der Waals surface area (Å²) >= 11 is 0. The highest BCUT2D eigenvalue weighted by atomic mass is 32.2. The van der Waals surface area contributed by atoms with Gasteiger partial charge in [0.05, 0.1) is 6.20 Å². The minimum Gasteiger partial charge on any atom is -0.396 e. The van der Waals surface area contributed by atoms with Gasteiger partial charge in [-0.25, -0.2) is 8.42 Å². The highest BCUT2D eigenvalue weighted by molar-refractivity contribution is 7.89. The number of unbranched alkanes of at least 4 members (excludes halogenated alkanes) is 2. The number of aromatic nitrogens is 2. The van der Waals surface area contributed by atoms with Gasteiger partial charge in [0.15, 0.2) is 5.03 Å². The largest absolute Gasteiger partial charge is 0.396 e. The standard InChI is InChI=1S/C10H19N3O3S/c1-12(8-4-3-5-9-14)17(15,16)10-6-7-11-13(10)2/h6-7,14H,3-5,8-9H2,1-2H3. The Labute approximate surface area is 102 Å². The van der Waals surface area contributed by atoms with Crippen molar-refractivity contribution in [3.63, 3.8) is 0 Å². The van der Waals surface area contributed by atoms with Gasteiger partial charge in [-0.2, -0.15) is 9.40 Å². The minimum absolute atomic E-state index is 0.151. The number of aryl methyl sites for hydroxylation is 1. The highest BCUT2D eigenvalue weighted by Crippen LogP contribution is 2.13. The van der Waals surface area contributed by atoms with Gasteiger partial charge in [0.25, 0.3) is 10.0 Å². The third-order valence-electron chi connectivity index (χ3n) is 2.58. The van der Waals surface area contributed by atoms with Crippen LogP contribution in [0.25, 0.3) is 0 Å². The van der Waals surface area contributed by atoms with Gasteiger partial charge in [0.2, 0.25) is 0 Å². The fraction of sp³-hybridized carbons (Fsp3) is 0.700. The van der Waals surface area contributed by atoms with Crippen molar-refractivity contribution in [3.05, 3.63) is 12.3 Å². The zero-order chi connectivity index (χ0) is 12.9. The molecular formula is C10H19N3O3S. The van der Waals surface area contributed by atoms with Crippen LogP contribution in [0.2, 0.25) is 0 Å². The van der Waals surface area contributed by atoms with E-state index in [9.17, 15) is 8.42 Å². The maximum atomic E-state index is 12.1. The summed E-state index contributed by atoms with van der Waals surface area (Å²) in [5, 5.41) is 12.7. The van der Waals surface area contributed by atoms with E-state index in [4.69, 9.17) is 5.11 Å². The first-order valence-corrected chi connectivity index (χ1v) is 6.99. The highest BCUT2D eigenvalue weighted by Gasteiger charge is 2.23. The van der Waals surface area contributed by atoms with Crippen molar-refractivity contribution in [1.29, 1.82) is 0 Å². The summed E-state index contributed by atoms with van der Waals surface area (Å²) in [7, 11) is -0.282. The first-order chi connectivity index (χ1) is 8.00. The molecule has 0 atom stereocenters. The molecule has 0 aromatic carbocycles. The van der Waals surface area contributed by atoms with Crippen LogP contribution in [0.3, 0.4) is 0 Å². The second-order valence-electron chi connectivity index (χ2n) is 3.90. The predicted molar refractivity (Wildman–Crippen MR) is 64.0 cm³/mol. The normalized spacial score (nSPS) is 12.2. The second-order valence-corrected chi connectivity index (χ2v) is 5.90. The van der Waals surface area contributed by atoms with Crippen LogP contribution in [0.1, 0.15) is 19.3 Å². The molecule has 0 bridgehead atoms. The maximum Gasteiger partial charge on any atom is 0.259 e. The maximum absolute atomic E-state index is 12.1. The summed E-state index contributed by atoms with van der Waals surface area (Å²) in [6, 6.07) is 1.49. The van der Waals surface area contributed by atoms with Crippen molar-refractivity contribution in [1.82, 2.24) is 14.1 Å². The Morgan fingerprint density at radius 1 is 1.41 bits per heavy atom. The molecule has 1 heterocycles. The molecule has 0 saturated heterocycles. The van der Waals surface area contributed by atoms with Gasteiger partial charge >= 0.3 is 0 Å². The lowest BCUT2D eigenvalue weighted by Gasteiger charge is -2.16. The van der Waals surface area contributed by atoms with Gasteiger partial charge in [-0.15, -0.1) is 0 Å². The Kier molecular flexibility index (Phi) is 5.10. The van der Waals surface area contributed by atoms with E-state index in [0.29, 0.717) is 13.0 Å². The van der Waals surface area contributed by atoms with E-state index in [2.05, 4.69) is 5.10 Å². The van der Waals surface area contributed by atoms with Gasteiger partial charge in [-0.05, 0) is 25.3 Å². The quantitative estimate of drug-likeness (QED) is 0.712. The summed E-state index contributed by atoms with van der Waals surface area (Å²) in [6.07, 6.45) is 3.74. The summed E-state index contributed by atoms with van der Waals surface area (Å²) in [5.74, 6) is 0. The molecule has 6 nitrogen and oxygen atoms in total. The van der Waals surface area contributed by atoms with Crippen LogP contribution in [-0.2, 0) is 17.1 Å². The molecule has 1 aromatic rings. The van der Waals surface area contributed by atoms with Crippen LogP contribution in [0.4, 0.5) is 0 Å². The number of hydrogen-bond acceptors (Lipinski definition) is 4. The zero-order valence-corrected chi connectivity index (χ0v) is 11.0. The molecule has 0 aliphatic heterocycles. The fourth-order valence-electron chi connectivity index (χ4n) is 1.52. The van der Waals surface area contributed by atoms with Crippen LogP contribution in [0.5, 0.6) is 0 Å². The Morgan fingerprint density at radius 3 is 2.65 bits per heavy atom. The third kappa shape index (κ3) is 3.52. The second kappa shape index (κ2) is 6.13. The molecule has 1 aromatic heterocycles. The van der Waals surface area contributed by atoms with Crippen LogP contribution >= 0.6 is 0 Å². The van der Waals surface area contributed by atoms with Crippen LogP contribution in [0.15, 0.2) is 17.3 Å². The van der Waals surface area contributed by atoms with E-state index in [1.165, 1.54) is 21.3 Å². The summed E-state index contributed by atoms with van der Waals surface area (Å²) in [6.45, 7) is 0.603. The van der Waals surface area contributed by atoms with Crippen LogP contribution in [-0.4, -0.2) is 47.8 Å². The van der Waals surface area contributed by atoms with Crippen molar-refractivity contribution in [3.8, 4) is 0 Å². The van der Waals surface area contributed by atoms with Gasteiger partial charge in [-0.3, -0.25) is 4.68 Å². The zero-order valence-electron chi connectivity index (χ0n) is 10.2. The molecular weight excluding hydrogens is 242 g/mol. The van der Waals surface area contributed by atoms with Crippen molar-refractivity contribution < 1.29 is 13.5 Å². The van der Waals surface area contributed by atoms with Crippen molar-refractivity contribution >= 4 is 10.0 Å². The molecule has 1 rings (SSSR count). The number of sulfonamides is 1. The number of rotatable bonds is 7. The lowest BCUT2D eigenvalue weighted by atomic mass is 10.2. The molecule has 0 fully saturated rings. The van der Waals surface area contributed by atoms with E-state index < -0.39 is 10.0 Å². The van der Waals surface area contributed by atoms with E-state index in [1.807, 2.05) is 0 Å². The van der Waals surface area contributed by atoms with E-state index in [1.54, 1.807) is 14.1 Å². The number of aliphatic hydroxyl groups is 1. The molecule has 0 aliphatic rings. The molecule has 0 aliphatic carbocycles. The fourth-order valence-corrected chi connectivity index (χ4v) is 2.82. The van der Waals surface area contributed by atoms with Crippen molar-refractivity contribution in [2.75, 3.05) is 20.2 Å². The average molecular weight is 261 g/mol. The Bertz CT molecular complexity index is 441. The Morgan fingerprint density at radius 2 is 2.12 bits per heavy atom. The average Bonchev–Trinajstić information content (AvgIpc) is 2.71. The summed E-state index contributed by atoms with van der Waals surface area (Å²) in [5.41, 5.74) is 0. The van der Waals surface area contributed by atoms with Crippen molar-refractivity contribution in [2.24, 2.45) is 7.05 Å². The van der Waals surface area contributed by atoms with E-state index >= 15 is 0 Å². The third-order valence-corrected chi connectivity index (χ3v) is 4.51. The van der Waals surface area contributed by atoms with Gasteiger partial charge in [-0.1, -0.05) is 0 Å². The summed E-state index contributed by atoms with van der Waals surface area (Å²) < 4.78 is 26.9. The van der Waals surface area contributed by atoms with Gasteiger partial charge in [0, 0.05) is 27.2 Å². The van der Waals surface area contributed by atoms with Gasteiger partial charge in [0.1, 0.15) is 0 Å². The predicted octanol–water partition coefficient (Wildman–Crippen LogP) is 0.203. The first kappa shape index (κ1) is 14.1. The molecule has 17 heavy (non-hydrogen) atoms. The minimum atomic E-state index is -3.44. The first-order valence-electron chi connectivity index (χ1n) is 5.55. The Balaban J connectivity index is 2.62. The number of aliphatic hydroxyl groups excluding tert-OH is 1. The topological polar surface area (TPSA) is 75.4 Å². The van der Waals surface area contributed by atoms with Crippen molar-refractivity contribution in [2.45, 2.75) is 24.3 Å². The smallest absolute Gasteiger partial charge is 0.259 e. The van der Waals surface area contributed by atoms with Gasteiger partial charge < -0.3 is 5.11 Å². The van der Waals surface area contributed by atoms with Crippen LogP contribution < -0.4 is 0 Å². The molecule has 0 amide bonds. The molecule has 0 saturated carbocycles. The lowest BCUT2D eigenvalue weighted by molar-refractivity contribution is 0.281. The number of nitrogens with zero attached hydrogens (tertiary/aromatic N) is 3. The molecule has 0 radical (unpaired) electrons. The molecule has 1 N–H and O–H groups in total. The van der Waals surface area contributed by atoms with Crippen LogP contribution in [0, 0.1) is 0 Å².